The van der Waals surface area contributed by atoms with E-state index < -0.39 is 84.3 Å². The van der Waals surface area contributed by atoms with Gasteiger partial charge in [-0.15, -0.1) is 0 Å². The molecule has 0 spiro atoms. The third-order valence-corrected chi connectivity index (χ3v) is 46.0. The maximum atomic E-state index is 15.4. The van der Waals surface area contributed by atoms with E-state index in [1.54, 1.807) is 13.2 Å². The van der Waals surface area contributed by atoms with Crippen LogP contribution in [0.3, 0.4) is 0 Å². The van der Waals surface area contributed by atoms with E-state index >= 15 is 4.79 Å². The number of fused-ring (bicyclic) bond motifs is 2. The quantitative estimate of drug-likeness (QED) is 0.121. The largest absolute Gasteiger partial charge is 0.414 e. The van der Waals surface area contributed by atoms with Gasteiger partial charge in [0.05, 0.1) is 73.8 Å². The first-order valence-electron chi connectivity index (χ1n) is 34.2. The fourth-order valence-corrected chi connectivity index (χ4v) is 18.7. The number of ketones is 2. The van der Waals surface area contributed by atoms with Crippen LogP contribution in [0.25, 0.3) is 0 Å². The molecule has 508 valence electrons. The van der Waals surface area contributed by atoms with Gasteiger partial charge in [-0.05, 0) is 159 Å². The molecule has 8 heterocycles. The smallest absolute Gasteiger partial charge is 0.193 e. The summed E-state index contributed by atoms with van der Waals surface area (Å²) in [6.07, 6.45) is 4.93. The lowest BCUT2D eigenvalue weighted by Gasteiger charge is -2.56. The standard InChI is InChI=1S/C70H130O13Si5/c1-45-38-51-33-36-55-46(2)39-50(75-55)32-30-48(71)31-35-57(81-86(24,25)68(10,11)12)63-65(83-88(28,29)70(16,17)18)64(82-87(26,27)69(13,14)15)62-56(79-63)37-34-52(77-62)40-49(72)41-54-59(43-58(76-51)47(45)3)78-60(61(54)73-19)42-53(80-85(22,23)67(7,8)9)44-74-84(20,21)66(4,5)6/h31,35,45,50-65H,2-3,30,32-34,36-44H2,1,4-29H3/b35-31+/t45-,50?,51?,52?,53?,54+,55?,56+,57?,58?,59+,60?,61-,62+,63+,64?,65?/m1/s1. The normalized spacial score (nSPS) is 34.5. The van der Waals surface area contributed by atoms with E-state index in [-0.39, 0.29) is 110 Å². The predicted octanol–water partition coefficient (Wildman–Crippen LogP) is 17.2. The average Bonchev–Trinajstić information content (AvgIpc) is 3.91. The van der Waals surface area contributed by atoms with Gasteiger partial charge in [0.1, 0.15) is 30.2 Å². The van der Waals surface area contributed by atoms with Crippen molar-refractivity contribution in [2.24, 2.45) is 11.8 Å². The predicted molar refractivity (Wildman–Crippen MR) is 371 cm³/mol. The van der Waals surface area contributed by atoms with Crippen molar-refractivity contribution >= 4 is 53.2 Å². The summed E-state index contributed by atoms with van der Waals surface area (Å²) >= 11 is 0. The molecule has 10 unspecified atom stereocenters. The van der Waals surface area contributed by atoms with E-state index in [2.05, 4.69) is 189 Å². The maximum absolute atomic E-state index is 15.4. The summed E-state index contributed by atoms with van der Waals surface area (Å²) in [6.45, 7) is 68.9. The molecule has 5 saturated heterocycles. The molecule has 8 aliphatic rings. The molecule has 8 bridgehead atoms. The number of hydrogen-bond donors (Lipinski definition) is 0. The lowest BCUT2D eigenvalue weighted by atomic mass is 9.81. The van der Waals surface area contributed by atoms with Crippen molar-refractivity contribution in [3.63, 3.8) is 0 Å². The van der Waals surface area contributed by atoms with Crippen LogP contribution in [0.1, 0.15) is 188 Å². The molecule has 0 saturated carbocycles. The number of ether oxygens (including phenoxy) is 6. The van der Waals surface area contributed by atoms with Gasteiger partial charge >= 0.3 is 0 Å². The van der Waals surface area contributed by atoms with E-state index in [4.69, 9.17) is 50.6 Å². The Bertz CT molecular complexity index is 2410. The minimum absolute atomic E-state index is 0.0171. The van der Waals surface area contributed by atoms with Crippen LogP contribution in [0.4, 0.5) is 0 Å². The van der Waals surface area contributed by atoms with Crippen LogP contribution >= 0.6 is 0 Å². The highest BCUT2D eigenvalue weighted by atomic mass is 28.4. The highest BCUT2D eigenvalue weighted by Crippen LogP contribution is 2.50. The molecule has 0 aromatic carbocycles. The number of hydrogen-bond acceptors (Lipinski definition) is 13. The molecular weight excluding hydrogens is 1190 g/mol. The van der Waals surface area contributed by atoms with E-state index in [0.29, 0.717) is 45.1 Å². The molecule has 13 nitrogen and oxygen atoms in total. The second-order valence-electron chi connectivity index (χ2n) is 35.5. The Balaban J connectivity index is 1.45. The van der Waals surface area contributed by atoms with Crippen molar-refractivity contribution in [3.05, 3.63) is 36.5 Å². The summed E-state index contributed by atoms with van der Waals surface area (Å²) in [7, 11) is -10.4. The molecule has 5 fully saturated rings. The van der Waals surface area contributed by atoms with Gasteiger partial charge in [0.15, 0.2) is 47.4 Å². The molecule has 8 aliphatic heterocycles. The molecule has 8 rings (SSSR count). The van der Waals surface area contributed by atoms with Crippen molar-refractivity contribution in [2.75, 3.05) is 13.7 Å². The number of methoxy groups -OCH3 is 1. The second kappa shape index (κ2) is 28.5. The first kappa shape index (κ1) is 76.2. The summed E-state index contributed by atoms with van der Waals surface area (Å²) in [5.74, 6) is 0.0629. The Morgan fingerprint density at radius 2 is 1.07 bits per heavy atom. The zero-order valence-electron chi connectivity index (χ0n) is 60.9. The monoisotopic (exact) mass is 1320 g/mol. The summed E-state index contributed by atoms with van der Waals surface area (Å²) in [5.41, 5.74) is 2.13. The van der Waals surface area contributed by atoms with Crippen LogP contribution in [0.5, 0.6) is 0 Å². The first-order valence-corrected chi connectivity index (χ1v) is 48.8. The Morgan fingerprint density at radius 1 is 0.545 bits per heavy atom. The minimum atomic E-state index is -2.60. The van der Waals surface area contributed by atoms with Crippen LogP contribution in [0.2, 0.25) is 90.7 Å². The summed E-state index contributed by atoms with van der Waals surface area (Å²) in [4.78, 5) is 29.7. The van der Waals surface area contributed by atoms with E-state index in [1.165, 1.54) is 0 Å². The first-order chi connectivity index (χ1) is 40.0. The van der Waals surface area contributed by atoms with E-state index in [1.807, 2.05) is 6.08 Å². The number of Topliss-reactive ketones (excluding diaryl/α,β-unsaturated/α-hetero) is 1. The molecule has 0 aliphatic carbocycles. The lowest BCUT2D eigenvalue weighted by Crippen LogP contribution is -2.69. The lowest BCUT2D eigenvalue weighted by molar-refractivity contribution is -0.266. The highest BCUT2D eigenvalue weighted by molar-refractivity contribution is 6.76. The third kappa shape index (κ3) is 18.6. The number of carbonyl (C=O) groups is 2. The third-order valence-electron chi connectivity index (χ3n) is 23.5. The molecule has 0 radical (unpaired) electrons. The minimum Gasteiger partial charge on any atom is -0.414 e. The van der Waals surface area contributed by atoms with Gasteiger partial charge in [-0.3, -0.25) is 9.59 Å². The Labute approximate surface area is 542 Å². The van der Waals surface area contributed by atoms with Crippen LogP contribution in [-0.2, 0) is 60.1 Å². The summed E-state index contributed by atoms with van der Waals surface area (Å²) in [5, 5.41) is -0.482. The van der Waals surface area contributed by atoms with Crippen molar-refractivity contribution in [1.29, 1.82) is 0 Å². The number of allylic oxidation sites excluding steroid dienone is 1. The van der Waals surface area contributed by atoms with Crippen LogP contribution < -0.4 is 0 Å². The summed E-state index contributed by atoms with van der Waals surface area (Å²) < 4.78 is 80.3. The Morgan fingerprint density at radius 3 is 1.62 bits per heavy atom. The van der Waals surface area contributed by atoms with E-state index in [0.717, 1.165) is 36.8 Å². The molecule has 0 amide bonds. The van der Waals surface area contributed by atoms with Gasteiger partial charge in [0, 0.05) is 45.1 Å². The van der Waals surface area contributed by atoms with Crippen molar-refractivity contribution in [2.45, 2.75) is 370 Å². The zero-order chi connectivity index (χ0) is 66.5. The maximum Gasteiger partial charge on any atom is 0.193 e. The molecule has 18 heteroatoms. The van der Waals surface area contributed by atoms with Gasteiger partial charge in [-0.25, -0.2) is 0 Å². The Hall–Kier alpha value is -0.796. The topological polar surface area (TPSA) is 136 Å². The average molecular weight is 1320 g/mol. The molecular formula is C70H130O13Si5. The van der Waals surface area contributed by atoms with Crippen molar-refractivity contribution in [3.8, 4) is 0 Å². The zero-order valence-corrected chi connectivity index (χ0v) is 65.9. The van der Waals surface area contributed by atoms with E-state index in [9.17, 15) is 4.79 Å². The molecule has 0 N–H and O–H groups in total. The fraction of sp³-hybridized carbons (Fsp3) is 0.886. The summed E-state index contributed by atoms with van der Waals surface area (Å²) in [6, 6.07) is 0. The van der Waals surface area contributed by atoms with Crippen LogP contribution in [0, 0.1) is 11.8 Å². The SMILES string of the molecule is C=C1CC2CCC(=O)/C=C/C(O[Si](C)(C)C(C)(C)C)[C@@H]3O[C@H]4CCC(CC(=O)C[C@H]5[C@H](CC6OC(CCC1O2)C[C@@H](C)C6=C)OC(CC(CO[Si](C)(C)C(C)(C)C)O[Si](C)(C)C(C)(C)C)[C@@H]5OC)O[C@@H]4C(O[Si](C)(C)C(C)(C)C)C3O[Si](C)(C)C(C)(C)C. The van der Waals surface area contributed by atoms with Gasteiger partial charge in [0.25, 0.3) is 0 Å². The van der Waals surface area contributed by atoms with Crippen LogP contribution in [0.15, 0.2) is 36.5 Å². The molecule has 0 aromatic rings. The highest BCUT2D eigenvalue weighted by Gasteiger charge is 2.59. The van der Waals surface area contributed by atoms with Gasteiger partial charge in [-0.2, -0.15) is 0 Å². The molecule has 88 heavy (non-hydrogen) atoms. The van der Waals surface area contributed by atoms with Crippen LogP contribution in [-0.4, -0.2) is 158 Å². The number of carbonyl (C=O) groups excluding carboxylic acids is 2. The fourth-order valence-electron chi connectivity index (χ4n) is 12.4. The molecule has 17 atom stereocenters. The number of rotatable bonds is 14. The van der Waals surface area contributed by atoms with Crippen molar-refractivity contribution < 1.29 is 60.1 Å². The van der Waals surface area contributed by atoms with Gasteiger partial charge in [-0.1, -0.05) is 130 Å². The van der Waals surface area contributed by atoms with Gasteiger partial charge < -0.3 is 50.6 Å². The van der Waals surface area contributed by atoms with Crippen molar-refractivity contribution in [1.82, 2.24) is 0 Å². The Kier molecular flexibility index (Phi) is 24.7. The van der Waals surface area contributed by atoms with Gasteiger partial charge in [0.2, 0.25) is 0 Å². The molecule has 0 aromatic heterocycles. The second-order valence-corrected chi connectivity index (χ2v) is 59.4.